The number of hydrogen-bond donors (Lipinski definition) is 6. The van der Waals surface area contributed by atoms with E-state index in [9.17, 15) is 14.4 Å². The molecule has 0 heterocycles. The largest absolute Gasteiger partial charge is 0.481 e. The van der Waals surface area contributed by atoms with Crippen molar-refractivity contribution in [2.24, 2.45) is 11.5 Å². The van der Waals surface area contributed by atoms with Gasteiger partial charge < -0.3 is 26.8 Å². The lowest BCUT2D eigenvalue weighted by molar-refractivity contribution is -0.140. The number of carbonyl (C=O) groups is 3. The van der Waals surface area contributed by atoms with Crippen LogP contribution < -0.4 is 11.5 Å². The molecule has 0 aliphatic carbocycles. The van der Waals surface area contributed by atoms with E-state index in [-0.39, 0.29) is 12.8 Å². The molecular weight excluding hydrogens is 264 g/mol. The molecule has 0 bridgehead atoms. The van der Waals surface area contributed by atoms with Crippen LogP contribution in [0.15, 0.2) is 0 Å². The minimum atomic E-state index is -1.17. The Labute approximate surface area is 109 Å². The number of rotatable bonds is 7. The molecule has 0 fully saturated rings. The standard InChI is InChI=1S/C5H9NO4.C4H9NO2S/c6-3(5(9)10)1-2-4(7)8;5-3(1-2-8)4(6)7/h3H,1-2,6H2,(H,7,8)(H,9,10);3,8H,1-2,5H2,(H,6,7)/t2*3-/m00/s1. The summed E-state index contributed by atoms with van der Waals surface area (Å²) in [6, 6.07) is -1.80. The van der Waals surface area contributed by atoms with Crippen molar-refractivity contribution in [3.8, 4) is 0 Å². The summed E-state index contributed by atoms with van der Waals surface area (Å²) in [7, 11) is 0. The van der Waals surface area contributed by atoms with Gasteiger partial charge in [0.2, 0.25) is 0 Å². The van der Waals surface area contributed by atoms with E-state index in [2.05, 4.69) is 12.6 Å². The molecule has 0 rings (SSSR count). The maximum absolute atomic E-state index is 9.99. The average molecular weight is 282 g/mol. The van der Waals surface area contributed by atoms with Crippen LogP contribution in [0.2, 0.25) is 0 Å². The van der Waals surface area contributed by atoms with Crippen molar-refractivity contribution in [2.75, 3.05) is 5.75 Å². The van der Waals surface area contributed by atoms with Crippen LogP contribution in [0.25, 0.3) is 0 Å². The Bertz CT molecular complexity index is 286. The molecule has 0 aromatic rings. The first-order valence-electron chi connectivity index (χ1n) is 5.01. The van der Waals surface area contributed by atoms with Crippen molar-refractivity contribution in [3.63, 3.8) is 0 Å². The van der Waals surface area contributed by atoms with E-state index in [0.29, 0.717) is 12.2 Å². The van der Waals surface area contributed by atoms with Crippen LogP contribution in [0.4, 0.5) is 0 Å². The minimum absolute atomic E-state index is 0.0231. The maximum atomic E-state index is 9.99. The van der Waals surface area contributed by atoms with Crippen LogP contribution in [0.1, 0.15) is 19.3 Å². The Morgan fingerprint density at radius 3 is 1.56 bits per heavy atom. The van der Waals surface area contributed by atoms with E-state index in [0.717, 1.165) is 0 Å². The molecule has 0 aromatic heterocycles. The summed E-state index contributed by atoms with van der Waals surface area (Å²) in [4.78, 5) is 29.8. The van der Waals surface area contributed by atoms with Crippen LogP contribution in [-0.4, -0.2) is 51.1 Å². The molecule has 0 saturated carbocycles. The number of hydrogen-bond acceptors (Lipinski definition) is 6. The first kappa shape index (κ1) is 19.0. The van der Waals surface area contributed by atoms with Crippen LogP contribution in [-0.2, 0) is 14.4 Å². The summed E-state index contributed by atoms with van der Waals surface area (Å²) in [5.41, 5.74) is 10.1. The van der Waals surface area contributed by atoms with Crippen molar-refractivity contribution in [1.82, 2.24) is 0 Å². The van der Waals surface area contributed by atoms with Crippen molar-refractivity contribution in [2.45, 2.75) is 31.3 Å². The number of aliphatic carboxylic acids is 3. The fourth-order valence-corrected chi connectivity index (χ4v) is 0.943. The zero-order valence-corrected chi connectivity index (χ0v) is 10.5. The summed E-state index contributed by atoms with van der Waals surface area (Å²) in [5.74, 6) is -2.63. The van der Waals surface area contributed by atoms with Gasteiger partial charge in [0.25, 0.3) is 0 Å². The number of thiol groups is 1. The molecule has 0 amide bonds. The van der Waals surface area contributed by atoms with Gasteiger partial charge in [0.1, 0.15) is 12.1 Å². The molecule has 0 unspecified atom stereocenters. The first-order chi connectivity index (χ1) is 8.22. The van der Waals surface area contributed by atoms with Crippen LogP contribution in [0.5, 0.6) is 0 Å². The highest BCUT2D eigenvalue weighted by molar-refractivity contribution is 7.80. The van der Waals surface area contributed by atoms with Gasteiger partial charge in [0.05, 0.1) is 0 Å². The SMILES string of the molecule is N[C@@H](CCC(=O)O)C(=O)O.N[C@@H](CCS)C(=O)O. The Morgan fingerprint density at radius 1 is 0.944 bits per heavy atom. The van der Waals surface area contributed by atoms with Gasteiger partial charge in [-0.2, -0.15) is 12.6 Å². The fourth-order valence-electron chi connectivity index (χ4n) is 0.665. The zero-order valence-electron chi connectivity index (χ0n) is 9.65. The molecule has 2 atom stereocenters. The third-order valence-electron chi connectivity index (χ3n) is 1.74. The summed E-state index contributed by atoms with van der Waals surface area (Å²) in [5, 5.41) is 24.4. The monoisotopic (exact) mass is 282 g/mol. The van der Waals surface area contributed by atoms with Crippen LogP contribution >= 0.6 is 12.6 Å². The molecule has 0 aromatic carbocycles. The molecule has 0 aliphatic rings. The normalized spacial score (nSPS) is 12.8. The van der Waals surface area contributed by atoms with E-state index in [1.54, 1.807) is 0 Å². The highest BCUT2D eigenvalue weighted by Gasteiger charge is 2.12. The second kappa shape index (κ2) is 10.8. The molecule has 0 saturated heterocycles. The van der Waals surface area contributed by atoms with Crippen LogP contribution in [0, 0.1) is 0 Å². The van der Waals surface area contributed by atoms with Gasteiger partial charge in [-0.1, -0.05) is 0 Å². The van der Waals surface area contributed by atoms with E-state index in [4.69, 9.17) is 26.8 Å². The van der Waals surface area contributed by atoms with Gasteiger partial charge in [0.15, 0.2) is 0 Å². The first-order valence-corrected chi connectivity index (χ1v) is 5.65. The Balaban J connectivity index is 0. The van der Waals surface area contributed by atoms with E-state index < -0.39 is 30.0 Å². The predicted octanol–water partition coefficient (Wildman–Crippen LogP) is -1.02. The minimum Gasteiger partial charge on any atom is -0.481 e. The van der Waals surface area contributed by atoms with Crippen molar-refractivity contribution < 1.29 is 29.7 Å². The van der Waals surface area contributed by atoms with Gasteiger partial charge in [-0.25, -0.2) is 0 Å². The fraction of sp³-hybridized carbons (Fsp3) is 0.667. The van der Waals surface area contributed by atoms with Gasteiger partial charge in [-0.05, 0) is 18.6 Å². The summed E-state index contributed by atoms with van der Waals surface area (Å²) < 4.78 is 0. The molecule has 0 aliphatic heterocycles. The molecular formula is C9H18N2O6S. The Hall–Kier alpha value is -1.32. The number of carboxylic acid groups (broad SMARTS) is 3. The predicted molar refractivity (Wildman–Crippen MR) is 66.6 cm³/mol. The van der Waals surface area contributed by atoms with Gasteiger partial charge in [-0.3, -0.25) is 14.4 Å². The van der Waals surface area contributed by atoms with Crippen molar-refractivity contribution >= 4 is 30.5 Å². The van der Waals surface area contributed by atoms with E-state index >= 15 is 0 Å². The smallest absolute Gasteiger partial charge is 0.320 e. The molecule has 106 valence electrons. The zero-order chi connectivity index (χ0) is 14.7. The third-order valence-corrected chi connectivity index (χ3v) is 2.00. The lowest BCUT2D eigenvalue weighted by Crippen LogP contribution is -2.30. The second-order valence-electron chi connectivity index (χ2n) is 3.33. The van der Waals surface area contributed by atoms with Crippen LogP contribution in [0.3, 0.4) is 0 Å². The van der Waals surface area contributed by atoms with Gasteiger partial charge in [-0.15, -0.1) is 0 Å². The lowest BCUT2D eigenvalue weighted by Gasteiger charge is -2.01. The highest BCUT2D eigenvalue weighted by atomic mass is 32.1. The van der Waals surface area contributed by atoms with Gasteiger partial charge >= 0.3 is 17.9 Å². The van der Waals surface area contributed by atoms with Crippen molar-refractivity contribution in [3.05, 3.63) is 0 Å². The Kier molecular flexibility index (Phi) is 11.4. The number of carboxylic acids is 3. The second-order valence-corrected chi connectivity index (χ2v) is 3.78. The summed E-state index contributed by atoms with van der Waals surface area (Å²) in [6.07, 6.45) is 0.205. The molecule has 9 heteroatoms. The quantitative estimate of drug-likeness (QED) is 0.323. The lowest BCUT2D eigenvalue weighted by atomic mass is 10.2. The molecule has 7 N–H and O–H groups in total. The topological polar surface area (TPSA) is 164 Å². The van der Waals surface area contributed by atoms with Gasteiger partial charge in [0, 0.05) is 6.42 Å². The highest BCUT2D eigenvalue weighted by Crippen LogP contribution is 1.93. The third kappa shape index (κ3) is 12.7. The van der Waals surface area contributed by atoms with Crippen molar-refractivity contribution in [1.29, 1.82) is 0 Å². The average Bonchev–Trinajstić information content (AvgIpc) is 2.26. The molecule has 18 heavy (non-hydrogen) atoms. The maximum Gasteiger partial charge on any atom is 0.320 e. The summed E-state index contributed by atoms with van der Waals surface area (Å²) >= 11 is 3.81. The molecule has 8 nitrogen and oxygen atoms in total. The number of nitrogens with two attached hydrogens (primary N) is 2. The summed E-state index contributed by atoms with van der Waals surface area (Å²) in [6.45, 7) is 0. The molecule has 0 spiro atoms. The molecule has 0 radical (unpaired) electrons. The van der Waals surface area contributed by atoms with E-state index in [1.165, 1.54) is 0 Å². The Morgan fingerprint density at radius 2 is 1.33 bits per heavy atom. The van der Waals surface area contributed by atoms with E-state index in [1.807, 2.05) is 0 Å².